The fraction of sp³-hybridized carbons (Fsp3) is 0.400. The van der Waals surface area contributed by atoms with E-state index in [4.69, 9.17) is 5.11 Å². The van der Waals surface area contributed by atoms with Crippen molar-refractivity contribution in [2.45, 2.75) is 33.8 Å². The molecule has 0 bridgehead atoms. The lowest BCUT2D eigenvalue weighted by Gasteiger charge is -2.16. The number of aliphatic hydroxyl groups is 1. The van der Waals surface area contributed by atoms with Crippen LogP contribution < -0.4 is 10.9 Å². The Morgan fingerprint density at radius 3 is 2.70 bits per heavy atom. The van der Waals surface area contributed by atoms with E-state index >= 15 is 0 Å². The van der Waals surface area contributed by atoms with E-state index in [1.165, 1.54) is 13.1 Å². The molecule has 0 aliphatic carbocycles. The van der Waals surface area contributed by atoms with Crippen LogP contribution in [0, 0.1) is 17.3 Å². The van der Waals surface area contributed by atoms with Gasteiger partial charge in [0.1, 0.15) is 11.8 Å². The summed E-state index contributed by atoms with van der Waals surface area (Å²) in [6, 6.07) is 0. The summed E-state index contributed by atoms with van der Waals surface area (Å²) in [4.78, 5) is 38.6. The standard InChI is InChI=1S/C15H17N5O3/c1-8(21)5-6-9-7-16-11-10(17-9)12(22)19-14(18-11)20-13(23)15(2,3)4/h7-8,21H,1-4H3,(H2,16,18,19,20,22,23). The summed E-state index contributed by atoms with van der Waals surface area (Å²) in [5.74, 6) is 4.85. The van der Waals surface area contributed by atoms with Crippen LogP contribution in [0.2, 0.25) is 0 Å². The largest absolute Gasteiger partial charge is 0.381 e. The average Bonchev–Trinajstić information content (AvgIpc) is 2.44. The molecule has 0 fully saturated rings. The van der Waals surface area contributed by atoms with E-state index in [2.05, 4.69) is 37.1 Å². The van der Waals surface area contributed by atoms with Crippen LogP contribution in [0.4, 0.5) is 5.95 Å². The summed E-state index contributed by atoms with van der Waals surface area (Å²) in [5, 5.41) is 11.7. The minimum Gasteiger partial charge on any atom is -0.381 e. The molecule has 2 aromatic rings. The summed E-state index contributed by atoms with van der Waals surface area (Å²) in [7, 11) is 0. The number of rotatable bonds is 1. The van der Waals surface area contributed by atoms with Crippen LogP contribution in [0.15, 0.2) is 11.0 Å². The average molecular weight is 315 g/mol. The molecule has 0 aromatic carbocycles. The van der Waals surface area contributed by atoms with Gasteiger partial charge in [0.05, 0.1) is 6.20 Å². The lowest BCUT2D eigenvalue weighted by molar-refractivity contribution is -0.123. The maximum atomic E-state index is 12.1. The van der Waals surface area contributed by atoms with Gasteiger partial charge in [-0.3, -0.25) is 19.9 Å². The quantitative estimate of drug-likeness (QED) is 0.656. The SMILES string of the molecule is CC(O)C#Cc1cnc2nc(NC(=O)C(C)(C)C)[nH]c(=O)c2n1. The molecule has 0 spiro atoms. The van der Waals surface area contributed by atoms with E-state index in [1.54, 1.807) is 20.8 Å². The van der Waals surface area contributed by atoms with E-state index < -0.39 is 17.1 Å². The Morgan fingerprint density at radius 1 is 1.39 bits per heavy atom. The number of nitrogens with zero attached hydrogens (tertiary/aromatic N) is 3. The van der Waals surface area contributed by atoms with Gasteiger partial charge in [-0.2, -0.15) is 4.98 Å². The Labute approximate surface area is 132 Å². The van der Waals surface area contributed by atoms with Gasteiger partial charge in [0.2, 0.25) is 11.9 Å². The van der Waals surface area contributed by atoms with Crippen LogP contribution in [-0.4, -0.2) is 37.1 Å². The molecule has 8 heteroatoms. The maximum Gasteiger partial charge on any atom is 0.280 e. The van der Waals surface area contributed by atoms with Gasteiger partial charge >= 0.3 is 0 Å². The molecule has 0 aliphatic rings. The lowest BCUT2D eigenvalue weighted by atomic mass is 9.96. The van der Waals surface area contributed by atoms with Crippen molar-refractivity contribution in [2.24, 2.45) is 5.41 Å². The van der Waals surface area contributed by atoms with Gasteiger partial charge in [-0.25, -0.2) is 9.97 Å². The molecule has 1 unspecified atom stereocenters. The predicted octanol–water partition coefficient (Wildman–Crippen LogP) is 0.430. The third-order valence-electron chi connectivity index (χ3n) is 2.74. The van der Waals surface area contributed by atoms with Gasteiger partial charge in [0, 0.05) is 5.41 Å². The zero-order chi connectivity index (χ0) is 17.2. The molecule has 0 radical (unpaired) electrons. The van der Waals surface area contributed by atoms with Gasteiger partial charge in [-0.05, 0) is 12.8 Å². The summed E-state index contributed by atoms with van der Waals surface area (Å²) in [6.07, 6.45) is 0.540. The first-order valence-corrected chi connectivity index (χ1v) is 6.95. The normalized spacial score (nSPS) is 12.4. The number of fused-ring (bicyclic) bond motifs is 1. The van der Waals surface area contributed by atoms with Gasteiger partial charge in [0.15, 0.2) is 11.2 Å². The zero-order valence-corrected chi connectivity index (χ0v) is 13.3. The van der Waals surface area contributed by atoms with Gasteiger partial charge in [0.25, 0.3) is 5.56 Å². The predicted molar refractivity (Wildman–Crippen MR) is 84.6 cm³/mol. The van der Waals surface area contributed by atoms with Crippen LogP contribution in [0.3, 0.4) is 0 Å². The Kier molecular flexibility index (Phi) is 4.43. The van der Waals surface area contributed by atoms with Crippen molar-refractivity contribution in [1.29, 1.82) is 0 Å². The second-order valence-electron chi connectivity index (χ2n) is 5.99. The number of aromatic amines is 1. The fourth-order valence-corrected chi connectivity index (χ4v) is 1.51. The number of H-pyrrole nitrogens is 1. The first-order valence-electron chi connectivity index (χ1n) is 6.95. The van der Waals surface area contributed by atoms with Gasteiger partial charge in [-0.1, -0.05) is 26.7 Å². The molecule has 2 aromatic heterocycles. The van der Waals surface area contributed by atoms with Crippen molar-refractivity contribution >= 4 is 23.0 Å². The molecule has 2 heterocycles. The molecule has 8 nitrogen and oxygen atoms in total. The molecule has 0 aliphatic heterocycles. The number of hydrogen-bond acceptors (Lipinski definition) is 6. The topological polar surface area (TPSA) is 121 Å². The summed E-state index contributed by atoms with van der Waals surface area (Å²) < 4.78 is 0. The van der Waals surface area contributed by atoms with Crippen molar-refractivity contribution < 1.29 is 9.90 Å². The minimum atomic E-state index is -0.807. The smallest absolute Gasteiger partial charge is 0.280 e. The molecule has 2 rings (SSSR count). The molecule has 0 saturated carbocycles. The number of aliphatic hydroxyl groups excluding tert-OH is 1. The molecule has 1 atom stereocenters. The minimum absolute atomic E-state index is 0.0103. The Hall–Kier alpha value is -2.79. The number of carbonyl (C=O) groups is 1. The van der Waals surface area contributed by atoms with Crippen molar-refractivity contribution in [3.8, 4) is 11.8 Å². The van der Waals surface area contributed by atoms with E-state index in [9.17, 15) is 9.59 Å². The Morgan fingerprint density at radius 2 is 2.09 bits per heavy atom. The monoisotopic (exact) mass is 315 g/mol. The number of anilines is 1. The highest BCUT2D eigenvalue weighted by Crippen LogP contribution is 2.15. The summed E-state index contributed by atoms with van der Waals surface area (Å²) >= 11 is 0. The number of nitrogens with one attached hydrogen (secondary N) is 2. The van der Waals surface area contributed by atoms with E-state index in [0.717, 1.165) is 0 Å². The Bertz CT molecular complexity index is 869. The highest BCUT2D eigenvalue weighted by molar-refractivity contribution is 5.93. The molecular weight excluding hydrogens is 298 g/mol. The number of amides is 1. The van der Waals surface area contributed by atoms with E-state index in [0.29, 0.717) is 0 Å². The van der Waals surface area contributed by atoms with Crippen LogP contribution in [0.5, 0.6) is 0 Å². The van der Waals surface area contributed by atoms with Crippen molar-refractivity contribution in [1.82, 2.24) is 19.9 Å². The highest BCUT2D eigenvalue weighted by Gasteiger charge is 2.22. The zero-order valence-electron chi connectivity index (χ0n) is 13.3. The maximum absolute atomic E-state index is 12.1. The van der Waals surface area contributed by atoms with E-state index in [1.807, 2.05) is 0 Å². The van der Waals surface area contributed by atoms with Crippen LogP contribution in [0.25, 0.3) is 11.2 Å². The molecular formula is C15H17N5O3. The first kappa shape index (κ1) is 16.6. The third kappa shape index (κ3) is 4.11. The highest BCUT2D eigenvalue weighted by atomic mass is 16.3. The number of hydrogen-bond donors (Lipinski definition) is 3. The number of aromatic nitrogens is 4. The van der Waals surface area contributed by atoms with Gasteiger partial charge in [-0.15, -0.1) is 0 Å². The van der Waals surface area contributed by atoms with Crippen molar-refractivity contribution in [3.05, 3.63) is 22.2 Å². The van der Waals surface area contributed by atoms with Crippen LogP contribution in [-0.2, 0) is 4.79 Å². The van der Waals surface area contributed by atoms with Crippen LogP contribution in [0.1, 0.15) is 33.4 Å². The summed E-state index contributed by atoms with van der Waals surface area (Å²) in [6.45, 7) is 6.75. The molecule has 23 heavy (non-hydrogen) atoms. The lowest BCUT2D eigenvalue weighted by Crippen LogP contribution is -2.29. The molecule has 1 amide bonds. The summed E-state index contributed by atoms with van der Waals surface area (Å²) in [5.41, 5.74) is -0.805. The fourth-order valence-electron chi connectivity index (χ4n) is 1.51. The molecule has 120 valence electrons. The molecule has 0 saturated heterocycles. The van der Waals surface area contributed by atoms with Crippen LogP contribution >= 0.6 is 0 Å². The van der Waals surface area contributed by atoms with Crippen molar-refractivity contribution in [2.75, 3.05) is 5.32 Å². The second-order valence-corrected chi connectivity index (χ2v) is 5.99. The number of carbonyl (C=O) groups excluding carboxylic acids is 1. The molecule has 3 N–H and O–H groups in total. The third-order valence-corrected chi connectivity index (χ3v) is 2.74. The van der Waals surface area contributed by atoms with Crippen molar-refractivity contribution in [3.63, 3.8) is 0 Å². The van der Waals surface area contributed by atoms with Gasteiger partial charge < -0.3 is 5.11 Å². The van der Waals surface area contributed by atoms with E-state index in [-0.39, 0.29) is 28.7 Å². The first-order chi connectivity index (χ1) is 10.7. The Balaban J connectivity index is 2.41. The second kappa shape index (κ2) is 6.14.